The van der Waals surface area contributed by atoms with Crippen LogP contribution in [0.5, 0.6) is 0 Å². The molecule has 0 saturated carbocycles. The van der Waals surface area contributed by atoms with Crippen LogP contribution in [0.4, 0.5) is 18.4 Å². The van der Waals surface area contributed by atoms with Crippen LogP contribution in [-0.4, -0.2) is 47.7 Å². The van der Waals surface area contributed by atoms with E-state index >= 15 is 0 Å². The highest BCUT2D eigenvalue weighted by molar-refractivity contribution is 6.01. The highest BCUT2D eigenvalue weighted by atomic mass is 19.2. The molecule has 1 aliphatic heterocycles. The highest BCUT2D eigenvalue weighted by Gasteiger charge is 2.42. The average Bonchev–Trinajstić information content (AvgIpc) is 2.66. The molecule has 0 spiro atoms. The number of nitrogens with one attached hydrogen (secondary N) is 2. The number of methoxy groups -OCH3 is 1. The number of hydrogen-bond acceptors (Lipinski definition) is 5. The van der Waals surface area contributed by atoms with E-state index in [0.29, 0.717) is 4.90 Å². The van der Waals surface area contributed by atoms with Gasteiger partial charge in [0.05, 0.1) is 12.7 Å². The second kappa shape index (κ2) is 9.13. The van der Waals surface area contributed by atoms with Gasteiger partial charge in [0.2, 0.25) is 0 Å². The summed E-state index contributed by atoms with van der Waals surface area (Å²) in [5, 5.41) is 13.4. The van der Waals surface area contributed by atoms with Gasteiger partial charge in [-0.25, -0.2) is 28.1 Å². The van der Waals surface area contributed by atoms with Crippen LogP contribution < -0.4 is 10.6 Å². The monoisotopic (exact) mass is 411 g/mol. The minimum atomic E-state index is -1.38. The van der Waals surface area contributed by atoms with E-state index in [1.807, 2.05) is 0 Å². The molecule has 1 aromatic carbocycles. The van der Waals surface area contributed by atoms with Crippen LogP contribution in [0.25, 0.3) is 0 Å². The fourth-order valence-electron chi connectivity index (χ4n) is 2.84. The summed E-state index contributed by atoms with van der Waals surface area (Å²) >= 11 is 0. The van der Waals surface area contributed by atoms with Gasteiger partial charge in [-0.15, -0.1) is 0 Å². The number of amides is 4. The number of carboxylic acids is 1. The van der Waals surface area contributed by atoms with Crippen molar-refractivity contribution in [3.05, 3.63) is 46.7 Å². The first-order chi connectivity index (χ1) is 13.7. The lowest BCUT2D eigenvalue weighted by Gasteiger charge is -2.36. The predicted octanol–water partition coefficient (Wildman–Crippen LogP) is 2.05. The molecule has 1 aliphatic rings. The maximum absolute atomic E-state index is 13.8. The fourth-order valence-corrected chi connectivity index (χ4v) is 2.84. The van der Waals surface area contributed by atoms with Gasteiger partial charge < -0.3 is 20.5 Å². The molecular formula is C18H19F2N3O6. The van der Waals surface area contributed by atoms with Crippen LogP contribution in [0.15, 0.2) is 29.5 Å². The van der Waals surface area contributed by atoms with E-state index in [2.05, 4.69) is 10.6 Å². The normalized spacial score (nSPS) is 16.3. The van der Waals surface area contributed by atoms with E-state index in [9.17, 15) is 28.0 Å². The molecule has 1 heterocycles. The number of nitrogens with zero attached hydrogens (tertiary/aromatic N) is 1. The van der Waals surface area contributed by atoms with Crippen molar-refractivity contribution < 1.29 is 37.8 Å². The lowest BCUT2D eigenvalue weighted by atomic mass is 9.94. The Morgan fingerprint density at radius 3 is 2.55 bits per heavy atom. The van der Waals surface area contributed by atoms with Crippen molar-refractivity contribution in [2.45, 2.75) is 25.8 Å². The maximum Gasteiger partial charge on any atom is 0.337 e. The van der Waals surface area contributed by atoms with Gasteiger partial charge in [0, 0.05) is 18.7 Å². The summed E-state index contributed by atoms with van der Waals surface area (Å²) in [4.78, 5) is 48.6. The number of aliphatic carboxylic acids is 1. The van der Waals surface area contributed by atoms with E-state index in [1.165, 1.54) is 6.92 Å². The molecule has 0 bridgehead atoms. The third kappa shape index (κ3) is 4.86. The Hall–Kier alpha value is -3.50. The quantitative estimate of drug-likeness (QED) is 0.486. The first-order valence-electron chi connectivity index (χ1n) is 8.51. The van der Waals surface area contributed by atoms with Crippen molar-refractivity contribution in [3.63, 3.8) is 0 Å². The number of esters is 1. The molecule has 9 nitrogen and oxygen atoms in total. The Morgan fingerprint density at radius 1 is 1.28 bits per heavy atom. The number of ether oxygens (including phenoxy) is 1. The minimum absolute atomic E-state index is 0.0285. The van der Waals surface area contributed by atoms with Gasteiger partial charge in [-0.1, -0.05) is 6.07 Å². The highest BCUT2D eigenvalue weighted by Crippen LogP contribution is 2.34. The van der Waals surface area contributed by atoms with E-state index in [1.54, 1.807) is 0 Å². The standard InChI is InChI=1S/C18H19F2N3O6/c1-9-14(16(26)29-2)15(10-5-6-11(19)12(20)8-10)23(18(28)22-9)17(27)21-7-3-4-13(24)25/h5-6,8,15H,3-4,7H2,1-2H3,(H,21,27)(H,22,28)(H,24,25). The predicted molar refractivity (Wildman–Crippen MR) is 94.5 cm³/mol. The molecule has 4 amide bonds. The molecule has 11 heteroatoms. The molecule has 0 fully saturated rings. The molecule has 3 N–H and O–H groups in total. The summed E-state index contributed by atoms with van der Waals surface area (Å²) in [6.45, 7) is 1.34. The second-order valence-corrected chi connectivity index (χ2v) is 6.14. The van der Waals surface area contributed by atoms with Crippen LogP contribution in [-0.2, 0) is 14.3 Å². The Balaban J connectivity index is 2.44. The average molecular weight is 411 g/mol. The topological polar surface area (TPSA) is 125 Å². The van der Waals surface area contributed by atoms with Crippen LogP contribution in [0.2, 0.25) is 0 Å². The van der Waals surface area contributed by atoms with E-state index in [0.717, 1.165) is 25.3 Å². The van der Waals surface area contributed by atoms with Gasteiger partial charge in [-0.05, 0) is 31.0 Å². The smallest absolute Gasteiger partial charge is 0.337 e. The van der Waals surface area contributed by atoms with Gasteiger partial charge in [-0.3, -0.25) is 4.79 Å². The maximum atomic E-state index is 13.8. The zero-order valence-corrected chi connectivity index (χ0v) is 15.6. The fraction of sp³-hybridized carbons (Fsp3) is 0.333. The van der Waals surface area contributed by atoms with Gasteiger partial charge in [-0.2, -0.15) is 0 Å². The van der Waals surface area contributed by atoms with E-state index < -0.39 is 41.7 Å². The van der Waals surface area contributed by atoms with Gasteiger partial charge >= 0.3 is 24.0 Å². The number of halogens is 2. The number of urea groups is 2. The van der Waals surface area contributed by atoms with Crippen molar-refractivity contribution in [1.29, 1.82) is 0 Å². The summed E-state index contributed by atoms with van der Waals surface area (Å²) in [5.41, 5.74) is -0.0792. The molecule has 0 aromatic heterocycles. The third-order valence-electron chi connectivity index (χ3n) is 4.18. The molecule has 0 aliphatic carbocycles. The molecule has 29 heavy (non-hydrogen) atoms. The lowest BCUT2D eigenvalue weighted by molar-refractivity contribution is -0.138. The van der Waals surface area contributed by atoms with E-state index in [-0.39, 0.29) is 36.2 Å². The first kappa shape index (κ1) is 21.8. The summed E-state index contributed by atoms with van der Waals surface area (Å²) < 4.78 is 31.9. The van der Waals surface area contributed by atoms with Gasteiger partial charge in [0.15, 0.2) is 11.6 Å². The Bertz CT molecular complexity index is 886. The molecule has 2 rings (SSSR count). The van der Waals surface area contributed by atoms with Crippen molar-refractivity contribution in [1.82, 2.24) is 15.5 Å². The summed E-state index contributed by atoms with van der Waals surface area (Å²) in [6.07, 6.45) is -0.101. The summed E-state index contributed by atoms with van der Waals surface area (Å²) in [7, 11) is 1.09. The van der Waals surface area contributed by atoms with Crippen molar-refractivity contribution >= 4 is 24.0 Å². The number of allylic oxidation sites excluding steroid dienone is 1. The molecule has 1 aromatic rings. The van der Waals surface area contributed by atoms with Crippen molar-refractivity contribution in [2.24, 2.45) is 0 Å². The second-order valence-electron chi connectivity index (χ2n) is 6.14. The first-order valence-corrected chi connectivity index (χ1v) is 8.51. The van der Waals surface area contributed by atoms with Gasteiger partial charge in [0.25, 0.3) is 0 Å². The molecule has 1 unspecified atom stereocenters. The lowest BCUT2D eigenvalue weighted by Crippen LogP contribution is -2.54. The molecule has 1 atom stereocenters. The number of benzene rings is 1. The molecule has 156 valence electrons. The Labute approximate surface area is 164 Å². The number of carboxylic acid groups (broad SMARTS) is 1. The Morgan fingerprint density at radius 2 is 1.97 bits per heavy atom. The number of carbonyl (C=O) groups is 4. The molecule has 0 radical (unpaired) electrons. The van der Waals surface area contributed by atoms with Crippen molar-refractivity contribution in [2.75, 3.05) is 13.7 Å². The number of imide groups is 1. The van der Waals surface area contributed by atoms with Gasteiger partial charge in [0.1, 0.15) is 6.04 Å². The number of carbonyl (C=O) groups excluding carboxylic acids is 3. The van der Waals surface area contributed by atoms with Crippen LogP contribution >= 0.6 is 0 Å². The Kier molecular flexibility index (Phi) is 6.86. The molecular weight excluding hydrogens is 392 g/mol. The zero-order valence-electron chi connectivity index (χ0n) is 15.6. The minimum Gasteiger partial charge on any atom is -0.481 e. The van der Waals surface area contributed by atoms with Crippen molar-refractivity contribution in [3.8, 4) is 0 Å². The largest absolute Gasteiger partial charge is 0.481 e. The zero-order chi connectivity index (χ0) is 21.7. The van der Waals surface area contributed by atoms with E-state index in [4.69, 9.17) is 9.84 Å². The van der Waals surface area contributed by atoms with Crippen LogP contribution in [0, 0.1) is 11.6 Å². The van der Waals surface area contributed by atoms with Crippen LogP contribution in [0.3, 0.4) is 0 Å². The third-order valence-corrected chi connectivity index (χ3v) is 4.18. The van der Waals surface area contributed by atoms with Crippen LogP contribution in [0.1, 0.15) is 31.4 Å². The molecule has 0 saturated heterocycles. The summed E-state index contributed by atoms with van der Waals surface area (Å²) in [6, 6.07) is -0.505. The number of rotatable bonds is 6. The summed E-state index contributed by atoms with van der Waals surface area (Å²) in [5.74, 6) is -4.29. The SMILES string of the molecule is COC(=O)C1=C(C)NC(=O)N(C(=O)NCCCC(=O)O)C1c1ccc(F)c(F)c1. The number of hydrogen-bond donors (Lipinski definition) is 3.